The Morgan fingerprint density at radius 1 is 0.692 bits per heavy atom. The van der Waals surface area contributed by atoms with Crippen molar-refractivity contribution in [3.63, 3.8) is 0 Å². The van der Waals surface area contributed by atoms with Crippen molar-refractivity contribution in [1.82, 2.24) is 0 Å². The van der Waals surface area contributed by atoms with Gasteiger partial charge in [-0.25, -0.2) is 8.78 Å². The van der Waals surface area contributed by atoms with Crippen molar-refractivity contribution >= 4 is 5.78 Å². The number of alkyl halides is 4. The highest BCUT2D eigenvalue weighted by Crippen LogP contribution is 2.34. The summed E-state index contributed by atoms with van der Waals surface area (Å²) in [4.78, 5) is 11.3. The number of carbonyl (C=O) groups is 1. The molecule has 0 radical (unpaired) electrons. The topological polar surface area (TPSA) is 35.5 Å². The quantitative estimate of drug-likeness (QED) is 0.688. The fraction of sp³-hybridized carbons (Fsp3) is 0.133. The fourth-order valence-electron chi connectivity index (χ4n) is 1.66. The molecule has 0 aliphatic carbocycles. The van der Waals surface area contributed by atoms with Gasteiger partial charge in [0.2, 0.25) is 11.6 Å². The molecule has 11 heteroatoms. The first-order valence-electron chi connectivity index (χ1n) is 6.52. The number of Topliss-reactive ketones (excluding diaryl/α,β-unsaturated/α-hetero) is 1. The lowest BCUT2D eigenvalue weighted by molar-refractivity contribution is -0.243. The van der Waals surface area contributed by atoms with Crippen LogP contribution in [0.1, 0.15) is 0 Å². The number of hydrogen-bond donors (Lipinski definition) is 0. The van der Waals surface area contributed by atoms with Gasteiger partial charge in [-0.1, -0.05) is 12.1 Å². The summed E-state index contributed by atoms with van der Waals surface area (Å²) in [6, 6.07) is 3.37. The summed E-state index contributed by atoms with van der Waals surface area (Å²) < 4.78 is 114. The van der Waals surface area contributed by atoms with Gasteiger partial charge in [-0.15, -0.1) is 0 Å². The molecule has 2 aromatic carbocycles. The van der Waals surface area contributed by atoms with Gasteiger partial charge >= 0.3 is 18.0 Å². The van der Waals surface area contributed by atoms with Crippen LogP contribution in [0.5, 0.6) is 11.5 Å². The summed E-state index contributed by atoms with van der Waals surface area (Å²) in [5.74, 6) is -13.6. The number of benzene rings is 2. The van der Waals surface area contributed by atoms with E-state index < -0.39 is 52.8 Å². The van der Waals surface area contributed by atoms with Crippen molar-refractivity contribution in [2.75, 3.05) is 0 Å². The van der Waals surface area contributed by atoms with Crippen LogP contribution in [0.25, 0.3) is 0 Å². The Morgan fingerprint density at radius 2 is 1.04 bits per heavy atom. The third-order valence-electron chi connectivity index (χ3n) is 2.84. The summed E-state index contributed by atoms with van der Waals surface area (Å²) in [6.45, 7) is 0. The van der Waals surface area contributed by atoms with Crippen molar-refractivity contribution in [3.8, 4) is 11.5 Å². The molecule has 0 amide bonds. The molecule has 0 unspecified atom stereocenters. The summed E-state index contributed by atoms with van der Waals surface area (Å²) >= 11 is 0. The Labute approximate surface area is 139 Å². The van der Waals surface area contributed by atoms with Crippen molar-refractivity contribution in [2.24, 2.45) is 0 Å². The van der Waals surface area contributed by atoms with E-state index in [-0.39, 0.29) is 0 Å². The third kappa shape index (κ3) is 3.86. The second kappa shape index (κ2) is 6.81. The summed E-state index contributed by atoms with van der Waals surface area (Å²) in [6.07, 6.45) is -10.8. The van der Waals surface area contributed by atoms with Gasteiger partial charge in [0.05, 0.1) is 0 Å². The Morgan fingerprint density at radius 3 is 1.38 bits per heavy atom. The van der Waals surface area contributed by atoms with Crippen LogP contribution in [0.2, 0.25) is 0 Å². The van der Waals surface area contributed by atoms with Crippen LogP contribution in [0, 0.1) is 23.3 Å². The SMILES string of the molecule is O=C(C(F)(F)Oc1cccc(F)c1F)C(F)(F)Oc1cccc(F)c1F. The number of ether oxygens (including phenoxy) is 2. The minimum absolute atomic E-state index is 0.449. The normalized spacial score (nSPS) is 12.0. The van der Waals surface area contributed by atoms with Gasteiger partial charge in [0.1, 0.15) is 0 Å². The van der Waals surface area contributed by atoms with E-state index in [1.54, 1.807) is 0 Å². The lowest BCUT2D eigenvalue weighted by atomic mass is 10.3. The highest BCUT2D eigenvalue weighted by molar-refractivity contribution is 5.90. The highest BCUT2D eigenvalue weighted by atomic mass is 19.3. The van der Waals surface area contributed by atoms with Crippen molar-refractivity contribution in [1.29, 1.82) is 0 Å². The zero-order valence-corrected chi connectivity index (χ0v) is 12.2. The van der Waals surface area contributed by atoms with Crippen molar-refractivity contribution < 1.29 is 49.4 Å². The second-order valence-electron chi connectivity index (χ2n) is 4.67. The molecule has 0 saturated carbocycles. The average Bonchev–Trinajstić information content (AvgIpc) is 2.55. The summed E-state index contributed by atoms with van der Waals surface area (Å²) in [5.41, 5.74) is 0. The van der Waals surface area contributed by atoms with Gasteiger partial charge in [-0.3, -0.25) is 4.79 Å². The molecule has 0 spiro atoms. The first-order chi connectivity index (χ1) is 12.0. The number of carbonyl (C=O) groups excluding carboxylic acids is 1. The number of ketones is 1. The van der Waals surface area contributed by atoms with Gasteiger partial charge in [0, 0.05) is 0 Å². The van der Waals surface area contributed by atoms with E-state index in [2.05, 4.69) is 9.47 Å². The summed E-state index contributed by atoms with van der Waals surface area (Å²) in [5, 5.41) is 0. The molecule has 0 aliphatic rings. The standard InChI is InChI=1S/C15H6F8O3/c16-7-3-1-5-9(11(7)18)25-14(20,21)13(24)15(22,23)26-10-6-2-4-8(17)12(10)19/h1-6H. The lowest BCUT2D eigenvalue weighted by Crippen LogP contribution is -2.49. The van der Waals surface area contributed by atoms with Gasteiger partial charge in [-0.05, 0) is 24.3 Å². The van der Waals surface area contributed by atoms with Crippen LogP contribution in [0.15, 0.2) is 36.4 Å². The Hall–Kier alpha value is -2.85. The molecular formula is C15H6F8O3. The maximum atomic E-state index is 13.6. The Kier molecular flexibility index (Phi) is 5.10. The van der Waals surface area contributed by atoms with Crippen LogP contribution in [-0.4, -0.2) is 18.0 Å². The maximum absolute atomic E-state index is 13.6. The van der Waals surface area contributed by atoms with Crippen LogP contribution in [-0.2, 0) is 4.79 Å². The molecule has 0 aliphatic heterocycles. The molecule has 0 bridgehead atoms. The highest BCUT2D eigenvalue weighted by Gasteiger charge is 2.59. The van der Waals surface area contributed by atoms with Crippen LogP contribution in [0.4, 0.5) is 35.1 Å². The number of rotatable bonds is 6. The molecule has 2 rings (SSSR count). The maximum Gasteiger partial charge on any atom is 0.471 e. The minimum atomic E-state index is -5.39. The zero-order chi connectivity index (χ0) is 19.7. The number of hydrogen-bond acceptors (Lipinski definition) is 3. The van der Waals surface area contributed by atoms with E-state index in [1.807, 2.05) is 0 Å². The molecule has 0 heterocycles. The molecule has 0 N–H and O–H groups in total. The predicted octanol–water partition coefficient (Wildman–Crippen LogP) is 4.46. The van der Waals surface area contributed by atoms with E-state index in [4.69, 9.17) is 0 Å². The van der Waals surface area contributed by atoms with Gasteiger partial charge in [0.25, 0.3) is 0 Å². The van der Waals surface area contributed by atoms with E-state index in [0.717, 1.165) is 0 Å². The smallest absolute Gasteiger partial charge is 0.423 e. The first kappa shape index (κ1) is 19.5. The number of halogens is 8. The van der Waals surface area contributed by atoms with Crippen molar-refractivity contribution in [2.45, 2.75) is 12.2 Å². The Bertz CT molecular complexity index is 770. The molecule has 0 aromatic heterocycles. The third-order valence-corrected chi connectivity index (χ3v) is 2.84. The fourth-order valence-corrected chi connectivity index (χ4v) is 1.66. The average molecular weight is 386 g/mol. The molecule has 140 valence electrons. The molecule has 3 nitrogen and oxygen atoms in total. The van der Waals surface area contributed by atoms with Crippen LogP contribution in [0.3, 0.4) is 0 Å². The minimum Gasteiger partial charge on any atom is -0.423 e. The lowest BCUT2D eigenvalue weighted by Gasteiger charge is -2.22. The molecule has 0 fully saturated rings. The van der Waals surface area contributed by atoms with Crippen molar-refractivity contribution in [3.05, 3.63) is 59.7 Å². The van der Waals surface area contributed by atoms with E-state index >= 15 is 0 Å². The largest absolute Gasteiger partial charge is 0.471 e. The van der Waals surface area contributed by atoms with E-state index in [9.17, 15) is 39.9 Å². The van der Waals surface area contributed by atoms with E-state index in [0.29, 0.717) is 36.4 Å². The van der Waals surface area contributed by atoms with Gasteiger partial charge in [-0.2, -0.15) is 26.3 Å². The Balaban J connectivity index is 2.26. The van der Waals surface area contributed by atoms with Crippen LogP contribution < -0.4 is 9.47 Å². The first-order valence-corrected chi connectivity index (χ1v) is 6.52. The second-order valence-corrected chi connectivity index (χ2v) is 4.67. The molecule has 0 saturated heterocycles. The molecule has 26 heavy (non-hydrogen) atoms. The van der Waals surface area contributed by atoms with Crippen LogP contribution >= 0.6 is 0 Å². The summed E-state index contributed by atoms with van der Waals surface area (Å²) in [7, 11) is 0. The predicted molar refractivity (Wildman–Crippen MR) is 68.9 cm³/mol. The molecule has 2 aromatic rings. The van der Waals surface area contributed by atoms with Gasteiger partial charge < -0.3 is 9.47 Å². The zero-order valence-electron chi connectivity index (χ0n) is 12.2. The van der Waals surface area contributed by atoms with Gasteiger partial charge in [0.15, 0.2) is 23.1 Å². The van der Waals surface area contributed by atoms with E-state index in [1.165, 1.54) is 0 Å². The monoisotopic (exact) mass is 386 g/mol. The molecule has 0 atom stereocenters. The molecular weight excluding hydrogens is 380 g/mol.